The molecule has 0 aromatic heterocycles. The molecule has 2 rings (SSSR count). The van der Waals surface area contributed by atoms with Crippen molar-refractivity contribution in [3.05, 3.63) is 29.8 Å². The molecule has 1 heterocycles. The summed E-state index contributed by atoms with van der Waals surface area (Å²) < 4.78 is 26.1. The average molecular weight is 282 g/mol. The van der Waals surface area contributed by atoms with E-state index in [-0.39, 0.29) is 17.3 Å². The van der Waals surface area contributed by atoms with E-state index in [0.717, 1.165) is 12.0 Å². The van der Waals surface area contributed by atoms with E-state index in [9.17, 15) is 13.2 Å². The second-order valence-corrected chi connectivity index (χ2v) is 6.48. The van der Waals surface area contributed by atoms with Crippen LogP contribution in [-0.4, -0.2) is 38.3 Å². The maximum absolute atomic E-state index is 12.4. The van der Waals surface area contributed by atoms with Gasteiger partial charge in [0, 0.05) is 13.1 Å². The number of nitrogens with zero attached hydrogens (tertiary/aromatic N) is 1. The van der Waals surface area contributed by atoms with Crippen molar-refractivity contribution in [1.82, 2.24) is 9.62 Å². The van der Waals surface area contributed by atoms with Crippen LogP contribution in [0.15, 0.2) is 29.2 Å². The van der Waals surface area contributed by atoms with E-state index < -0.39 is 10.0 Å². The minimum atomic E-state index is -3.57. The van der Waals surface area contributed by atoms with Crippen molar-refractivity contribution >= 4 is 15.9 Å². The minimum Gasteiger partial charge on any atom is -0.355 e. The summed E-state index contributed by atoms with van der Waals surface area (Å²) in [5.41, 5.74) is 1.09. The first-order valence-corrected chi connectivity index (χ1v) is 7.84. The molecular formula is C13H18N2O3S. The van der Waals surface area contributed by atoms with E-state index in [2.05, 4.69) is 5.32 Å². The standard InChI is InChI=1S/C13H18N2O3S/c1-2-11-4-6-12(7-5-11)19(17,18)15-9-3-8-14-13(16)10-15/h4-7H,2-3,8-10H2,1H3,(H,14,16). The van der Waals surface area contributed by atoms with Crippen molar-refractivity contribution in [2.45, 2.75) is 24.7 Å². The van der Waals surface area contributed by atoms with Gasteiger partial charge in [-0.3, -0.25) is 4.79 Å². The van der Waals surface area contributed by atoms with Crippen molar-refractivity contribution in [3.63, 3.8) is 0 Å². The van der Waals surface area contributed by atoms with Crippen LogP contribution in [0.25, 0.3) is 0 Å². The molecule has 1 saturated heterocycles. The molecule has 0 saturated carbocycles. The quantitative estimate of drug-likeness (QED) is 0.890. The first-order valence-electron chi connectivity index (χ1n) is 6.40. The van der Waals surface area contributed by atoms with Gasteiger partial charge in [-0.25, -0.2) is 8.42 Å². The highest BCUT2D eigenvalue weighted by atomic mass is 32.2. The Kier molecular flexibility index (Phi) is 4.21. The molecule has 5 nitrogen and oxygen atoms in total. The number of rotatable bonds is 3. The molecule has 6 heteroatoms. The highest BCUT2D eigenvalue weighted by Crippen LogP contribution is 2.17. The topological polar surface area (TPSA) is 66.5 Å². The summed E-state index contributed by atoms with van der Waals surface area (Å²) >= 11 is 0. The fourth-order valence-electron chi connectivity index (χ4n) is 2.03. The van der Waals surface area contributed by atoms with Gasteiger partial charge in [0.2, 0.25) is 15.9 Å². The molecule has 0 bridgehead atoms. The number of amides is 1. The second-order valence-electron chi connectivity index (χ2n) is 4.54. The molecule has 1 N–H and O–H groups in total. The number of hydrogen-bond donors (Lipinski definition) is 1. The lowest BCUT2D eigenvalue weighted by atomic mass is 10.2. The van der Waals surface area contributed by atoms with Crippen LogP contribution in [0, 0.1) is 0 Å². The second kappa shape index (κ2) is 5.71. The van der Waals surface area contributed by atoms with Crippen molar-refractivity contribution in [2.24, 2.45) is 0 Å². The van der Waals surface area contributed by atoms with Crippen LogP contribution in [-0.2, 0) is 21.2 Å². The number of carbonyl (C=O) groups is 1. The Morgan fingerprint density at radius 2 is 1.95 bits per heavy atom. The molecule has 1 aromatic rings. The third-order valence-corrected chi connectivity index (χ3v) is 5.06. The van der Waals surface area contributed by atoms with Gasteiger partial charge in [0.05, 0.1) is 11.4 Å². The van der Waals surface area contributed by atoms with Gasteiger partial charge in [-0.1, -0.05) is 19.1 Å². The normalized spacial score (nSPS) is 17.8. The number of hydrogen-bond acceptors (Lipinski definition) is 3. The maximum atomic E-state index is 12.4. The van der Waals surface area contributed by atoms with Crippen LogP contribution < -0.4 is 5.32 Å². The molecule has 1 fully saturated rings. The van der Waals surface area contributed by atoms with Crippen LogP contribution in [0.4, 0.5) is 0 Å². The average Bonchev–Trinajstić information content (AvgIpc) is 2.64. The lowest BCUT2D eigenvalue weighted by Crippen LogP contribution is -2.37. The Hall–Kier alpha value is -1.40. The van der Waals surface area contributed by atoms with Crippen LogP contribution >= 0.6 is 0 Å². The summed E-state index contributed by atoms with van der Waals surface area (Å²) in [6.45, 7) is 2.82. The largest absolute Gasteiger partial charge is 0.355 e. The summed E-state index contributed by atoms with van der Waals surface area (Å²) in [6, 6.07) is 6.84. The van der Waals surface area contributed by atoms with Crippen molar-refractivity contribution < 1.29 is 13.2 Å². The third-order valence-electron chi connectivity index (χ3n) is 3.20. The monoisotopic (exact) mass is 282 g/mol. The maximum Gasteiger partial charge on any atom is 0.243 e. The molecule has 1 aromatic carbocycles. The molecule has 0 aliphatic carbocycles. The summed E-state index contributed by atoms with van der Waals surface area (Å²) in [4.78, 5) is 11.7. The van der Waals surface area contributed by atoms with E-state index in [4.69, 9.17) is 0 Å². The van der Waals surface area contributed by atoms with Gasteiger partial charge < -0.3 is 5.32 Å². The summed E-state index contributed by atoms with van der Waals surface area (Å²) in [6.07, 6.45) is 1.50. The molecule has 0 unspecified atom stereocenters. The van der Waals surface area contributed by atoms with Crippen LogP contribution in [0.2, 0.25) is 0 Å². The van der Waals surface area contributed by atoms with E-state index in [1.54, 1.807) is 12.1 Å². The first-order chi connectivity index (χ1) is 9.04. The fraction of sp³-hybridized carbons (Fsp3) is 0.462. The van der Waals surface area contributed by atoms with Gasteiger partial charge in [-0.2, -0.15) is 4.31 Å². The molecule has 0 spiro atoms. The van der Waals surface area contributed by atoms with Gasteiger partial charge >= 0.3 is 0 Å². The van der Waals surface area contributed by atoms with Gasteiger partial charge in [0.1, 0.15) is 0 Å². The van der Waals surface area contributed by atoms with Crippen molar-refractivity contribution in [3.8, 4) is 0 Å². The molecule has 19 heavy (non-hydrogen) atoms. The molecule has 104 valence electrons. The highest BCUT2D eigenvalue weighted by molar-refractivity contribution is 7.89. The smallest absolute Gasteiger partial charge is 0.243 e. The fourth-order valence-corrected chi connectivity index (χ4v) is 3.46. The Balaban J connectivity index is 2.26. The van der Waals surface area contributed by atoms with Gasteiger partial charge in [0.25, 0.3) is 0 Å². The van der Waals surface area contributed by atoms with E-state index in [0.29, 0.717) is 19.5 Å². The number of sulfonamides is 1. The lowest BCUT2D eigenvalue weighted by Gasteiger charge is -2.18. The number of aryl methyl sites for hydroxylation is 1. The summed E-state index contributed by atoms with van der Waals surface area (Å²) in [5.74, 6) is -0.244. The van der Waals surface area contributed by atoms with Crippen LogP contribution in [0.3, 0.4) is 0 Å². The zero-order valence-electron chi connectivity index (χ0n) is 10.9. The SMILES string of the molecule is CCc1ccc(S(=O)(=O)N2CCCNC(=O)C2)cc1. The number of benzene rings is 1. The Bertz CT molecular complexity index is 552. The van der Waals surface area contributed by atoms with Crippen LogP contribution in [0.1, 0.15) is 18.9 Å². The van der Waals surface area contributed by atoms with E-state index in [1.807, 2.05) is 19.1 Å². The zero-order valence-corrected chi connectivity index (χ0v) is 11.7. The molecule has 1 amide bonds. The third kappa shape index (κ3) is 3.13. The highest BCUT2D eigenvalue weighted by Gasteiger charge is 2.27. The Labute approximate surface area is 113 Å². The molecule has 1 aliphatic heterocycles. The molecular weight excluding hydrogens is 264 g/mol. The minimum absolute atomic E-state index is 0.0993. The van der Waals surface area contributed by atoms with Gasteiger partial charge in [-0.05, 0) is 30.5 Å². The first kappa shape index (κ1) is 14.0. The molecule has 1 aliphatic rings. The molecule has 0 atom stereocenters. The van der Waals surface area contributed by atoms with Crippen molar-refractivity contribution in [2.75, 3.05) is 19.6 Å². The summed E-state index contributed by atoms with van der Waals surface area (Å²) in [7, 11) is -3.57. The summed E-state index contributed by atoms with van der Waals surface area (Å²) in [5, 5.41) is 2.67. The molecule has 0 radical (unpaired) electrons. The Morgan fingerprint density at radius 1 is 1.26 bits per heavy atom. The lowest BCUT2D eigenvalue weighted by molar-refractivity contribution is -0.120. The van der Waals surface area contributed by atoms with Gasteiger partial charge in [-0.15, -0.1) is 0 Å². The van der Waals surface area contributed by atoms with Crippen molar-refractivity contribution in [1.29, 1.82) is 0 Å². The van der Waals surface area contributed by atoms with E-state index >= 15 is 0 Å². The zero-order chi connectivity index (χ0) is 13.9. The number of carbonyl (C=O) groups excluding carboxylic acids is 1. The predicted molar refractivity (Wildman–Crippen MR) is 72.2 cm³/mol. The van der Waals surface area contributed by atoms with Crippen LogP contribution in [0.5, 0.6) is 0 Å². The number of nitrogens with one attached hydrogen (secondary N) is 1. The van der Waals surface area contributed by atoms with Gasteiger partial charge in [0.15, 0.2) is 0 Å². The Morgan fingerprint density at radius 3 is 2.58 bits per heavy atom. The van der Waals surface area contributed by atoms with E-state index in [1.165, 1.54) is 4.31 Å². The predicted octanol–water partition coefficient (Wildman–Crippen LogP) is 0.760.